The van der Waals surface area contributed by atoms with Crippen LogP contribution in [0, 0.1) is 5.92 Å². The Kier molecular flexibility index (Phi) is 4.91. The molecular weight excluding hydrogens is 300 g/mol. The molecule has 1 saturated heterocycles. The minimum Gasteiger partial charge on any atom is -0.368 e. The first-order chi connectivity index (χ1) is 8.97. The highest BCUT2D eigenvalue weighted by molar-refractivity contribution is 9.10. The van der Waals surface area contributed by atoms with Crippen molar-refractivity contribution < 1.29 is 0 Å². The van der Waals surface area contributed by atoms with E-state index in [0.717, 1.165) is 12.5 Å². The van der Waals surface area contributed by atoms with Crippen molar-refractivity contribution >= 4 is 21.6 Å². The predicted octanol–water partition coefficient (Wildman–Crippen LogP) is 4.18. The summed E-state index contributed by atoms with van der Waals surface area (Å²) in [4.78, 5) is 2.56. The molecule has 1 aliphatic rings. The smallest absolute Gasteiger partial charge is 0.0425 e. The first-order valence-electron chi connectivity index (χ1n) is 7.25. The van der Waals surface area contributed by atoms with Gasteiger partial charge in [-0.1, -0.05) is 42.8 Å². The number of nitrogens with zero attached hydrogens (tertiary/aromatic N) is 1. The zero-order chi connectivity index (χ0) is 14.0. The molecule has 1 heterocycles. The van der Waals surface area contributed by atoms with Gasteiger partial charge in [-0.15, -0.1) is 0 Å². The zero-order valence-corrected chi connectivity index (χ0v) is 14.0. The third kappa shape index (κ3) is 3.73. The number of benzene rings is 1. The van der Waals surface area contributed by atoms with Crippen molar-refractivity contribution in [2.75, 3.05) is 11.4 Å². The minimum atomic E-state index is 0.520. The Morgan fingerprint density at radius 1 is 1.37 bits per heavy atom. The second-order valence-electron chi connectivity index (χ2n) is 6.15. The summed E-state index contributed by atoms with van der Waals surface area (Å²) in [5.41, 5.74) is 2.79. The van der Waals surface area contributed by atoms with Crippen molar-refractivity contribution in [2.45, 2.75) is 52.7 Å². The molecule has 0 aliphatic carbocycles. The summed E-state index contributed by atoms with van der Waals surface area (Å²) in [5.74, 6) is 0.792. The van der Waals surface area contributed by atoms with Gasteiger partial charge in [-0.05, 0) is 37.0 Å². The predicted molar refractivity (Wildman–Crippen MR) is 86.7 cm³/mol. The van der Waals surface area contributed by atoms with Gasteiger partial charge in [-0.3, -0.25) is 0 Å². The maximum absolute atomic E-state index is 3.61. The summed E-state index contributed by atoms with van der Waals surface area (Å²) in [6.45, 7) is 11.2. The van der Waals surface area contributed by atoms with Gasteiger partial charge in [-0.2, -0.15) is 0 Å². The molecule has 19 heavy (non-hydrogen) atoms. The fraction of sp³-hybridized carbons (Fsp3) is 0.625. The fourth-order valence-corrected chi connectivity index (χ4v) is 3.25. The minimum absolute atomic E-state index is 0.520. The van der Waals surface area contributed by atoms with Gasteiger partial charge in [0.25, 0.3) is 0 Å². The van der Waals surface area contributed by atoms with Gasteiger partial charge in [0.15, 0.2) is 0 Å². The molecule has 0 aromatic heterocycles. The summed E-state index contributed by atoms with van der Waals surface area (Å²) in [5, 5.41) is 3.53. The number of rotatable bonds is 4. The Morgan fingerprint density at radius 2 is 2.11 bits per heavy atom. The van der Waals surface area contributed by atoms with E-state index in [-0.39, 0.29) is 0 Å². The third-order valence-electron chi connectivity index (χ3n) is 3.84. The molecule has 2 rings (SSSR count). The lowest BCUT2D eigenvalue weighted by molar-refractivity contribution is 0.587. The Balaban J connectivity index is 2.24. The maximum atomic E-state index is 3.61. The Bertz CT molecular complexity index is 431. The molecule has 1 aromatic carbocycles. The van der Waals surface area contributed by atoms with E-state index >= 15 is 0 Å². The first-order valence-corrected chi connectivity index (χ1v) is 8.05. The van der Waals surface area contributed by atoms with Crippen molar-refractivity contribution in [3.05, 3.63) is 28.2 Å². The molecular formula is C16H25BrN2. The molecule has 2 nitrogen and oxygen atoms in total. The number of anilines is 1. The van der Waals surface area contributed by atoms with Crippen molar-refractivity contribution in [2.24, 2.45) is 5.92 Å². The summed E-state index contributed by atoms with van der Waals surface area (Å²) in [7, 11) is 0. The largest absolute Gasteiger partial charge is 0.368 e. The lowest BCUT2D eigenvalue weighted by atomic mass is 10.1. The summed E-state index contributed by atoms with van der Waals surface area (Å²) >= 11 is 3.61. The van der Waals surface area contributed by atoms with E-state index in [0.29, 0.717) is 12.1 Å². The summed E-state index contributed by atoms with van der Waals surface area (Å²) in [6.07, 6.45) is 1.30. The van der Waals surface area contributed by atoms with Crippen LogP contribution < -0.4 is 10.2 Å². The average Bonchev–Trinajstić information content (AvgIpc) is 2.66. The van der Waals surface area contributed by atoms with Gasteiger partial charge < -0.3 is 10.2 Å². The molecule has 1 aromatic rings. The van der Waals surface area contributed by atoms with Gasteiger partial charge in [0.2, 0.25) is 0 Å². The highest BCUT2D eigenvalue weighted by atomic mass is 79.9. The third-order valence-corrected chi connectivity index (χ3v) is 4.33. The van der Waals surface area contributed by atoms with Crippen LogP contribution in [0.5, 0.6) is 0 Å². The van der Waals surface area contributed by atoms with Crippen LogP contribution in [0.4, 0.5) is 5.69 Å². The standard InChI is InChI=1S/C16H25BrN2/c1-11(2)18-9-14-5-6-15(17)8-16(14)19-10-12(3)7-13(19)4/h5-6,8,11-13,18H,7,9-10H2,1-4H3. The van der Waals surface area contributed by atoms with Crippen molar-refractivity contribution in [1.29, 1.82) is 0 Å². The zero-order valence-electron chi connectivity index (χ0n) is 12.4. The molecule has 0 spiro atoms. The molecule has 106 valence electrons. The number of nitrogens with one attached hydrogen (secondary N) is 1. The Morgan fingerprint density at radius 3 is 2.68 bits per heavy atom. The molecule has 2 unspecified atom stereocenters. The number of hydrogen-bond donors (Lipinski definition) is 1. The number of hydrogen-bond acceptors (Lipinski definition) is 2. The van der Waals surface area contributed by atoms with Crippen LogP contribution in [0.25, 0.3) is 0 Å². The molecule has 1 N–H and O–H groups in total. The van der Waals surface area contributed by atoms with Gasteiger partial charge in [0.05, 0.1) is 0 Å². The summed E-state index contributed by atoms with van der Waals surface area (Å²) < 4.78 is 1.17. The van der Waals surface area contributed by atoms with Gasteiger partial charge >= 0.3 is 0 Å². The summed E-state index contributed by atoms with van der Waals surface area (Å²) in [6, 6.07) is 7.81. The Hall–Kier alpha value is -0.540. The van der Waals surface area contributed by atoms with Gasteiger partial charge in [-0.25, -0.2) is 0 Å². The molecule has 1 aliphatic heterocycles. The van der Waals surface area contributed by atoms with Gasteiger partial charge in [0.1, 0.15) is 0 Å². The van der Waals surface area contributed by atoms with E-state index in [2.05, 4.69) is 72.0 Å². The van der Waals surface area contributed by atoms with Crippen LogP contribution in [-0.2, 0) is 6.54 Å². The number of halogens is 1. The molecule has 3 heteroatoms. The average molecular weight is 325 g/mol. The topological polar surface area (TPSA) is 15.3 Å². The second kappa shape index (κ2) is 6.27. The van der Waals surface area contributed by atoms with Crippen LogP contribution in [0.3, 0.4) is 0 Å². The second-order valence-corrected chi connectivity index (χ2v) is 7.07. The van der Waals surface area contributed by atoms with E-state index in [1.165, 1.54) is 28.7 Å². The van der Waals surface area contributed by atoms with Crippen LogP contribution in [0.2, 0.25) is 0 Å². The molecule has 0 saturated carbocycles. The van der Waals surface area contributed by atoms with Crippen molar-refractivity contribution in [1.82, 2.24) is 5.32 Å². The highest BCUT2D eigenvalue weighted by Gasteiger charge is 2.27. The van der Waals surface area contributed by atoms with Crippen molar-refractivity contribution in [3.63, 3.8) is 0 Å². The quantitative estimate of drug-likeness (QED) is 0.893. The first kappa shape index (κ1) is 14.9. The molecule has 0 radical (unpaired) electrons. The van der Waals surface area contributed by atoms with E-state index in [1.54, 1.807) is 0 Å². The molecule has 1 fully saturated rings. The van der Waals surface area contributed by atoms with Gasteiger partial charge in [0, 0.05) is 35.3 Å². The van der Waals surface area contributed by atoms with Crippen LogP contribution >= 0.6 is 15.9 Å². The fourth-order valence-electron chi connectivity index (χ4n) is 2.90. The lowest BCUT2D eigenvalue weighted by Gasteiger charge is -2.27. The molecule has 0 bridgehead atoms. The highest BCUT2D eigenvalue weighted by Crippen LogP contribution is 2.33. The van der Waals surface area contributed by atoms with E-state index in [4.69, 9.17) is 0 Å². The van der Waals surface area contributed by atoms with E-state index < -0.39 is 0 Å². The van der Waals surface area contributed by atoms with Crippen LogP contribution in [0.1, 0.15) is 39.7 Å². The SMILES string of the molecule is CC1CC(C)N(c2cc(Br)ccc2CNC(C)C)C1. The molecule has 2 atom stereocenters. The maximum Gasteiger partial charge on any atom is 0.0425 e. The van der Waals surface area contributed by atoms with Crippen LogP contribution in [-0.4, -0.2) is 18.6 Å². The normalized spacial score (nSPS) is 23.4. The molecule has 0 amide bonds. The Labute approximate surface area is 125 Å². The van der Waals surface area contributed by atoms with E-state index in [9.17, 15) is 0 Å². The monoisotopic (exact) mass is 324 g/mol. The van der Waals surface area contributed by atoms with Crippen molar-refractivity contribution in [3.8, 4) is 0 Å². The van der Waals surface area contributed by atoms with E-state index in [1.807, 2.05) is 0 Å². The van der Waals surface area contributed by atoms with Crippen LogP contribution in [0.15, 0.2) is 22.7 Å². The lowest BCUT2D eigenvalue weighted by Crippen LogP contribution is -2.29.